The molecule has 0 aliphatic carbocycles. The van der Waals surface area contributed by atoms with E-state index in [0.29, 0.717) is 11.4 Å². The van der Waals surface area contributed by atoms with Gasteiger partial charge < -0.3 is 5.73 Å². The predicted molar refractivity (Wildman–Crippen MR) is 69.3 cm³/mol. The fraction of sp³-hybridized carbons (Fsp3) is 0.500. The van der Waals surface area contributed by atoms with E-state index in [0.717, 1.165) is 18.4 Å². The van der Waals surface area contributed by atoms with Gasteiger partial charge in [-0.05, 0) is 31.0 Å². The van der Waals surface area contributed by atoms with E-state index in [9.17, 15) is 8.42 Å². The van der Waals surface area contributed by atoms with E-state index in [1.807, 2.05) is 19.9 Å². The number of hydrogen-bond acceptors (Lipinski definition) is 3. The first-order valence-corrected chi connectivity index (χ1v) is 7.27. The molecular formula is C12H20N2O2S. The summed E-state index contributed by atoms with van der Waals surface area (Å²) in [5.74, 6) is 0. The van der Waals surface area contributed by atoms with Crippen molar-refractivity contribution >= 4 is 10.0 Å². The molecule has 1 aromatic rings. The number of benzene rings is 1. The Hall–Kier alpha value is -0.910. The predicted octanol–water partition coefficient (Wildman–Crippen LogP) is 1.40. The zero-order chi connectivity index (χ0) is 12.9. The molecule has 0 aliphatic rings. The molecular weight excluding hydrogens is 236 g/mol. The lowest BCUT2D eigenvalue weighted by molar-refractivity contribution is 0.527. The Morgan fingerprint density at radius 3 is 2.65 bits per heavy atom. The number of nitrogens with two attached hydrogens (primary N) is 1. The molecule has 0 heterocycles. The van der Waals surface area contributed by atoms with Gasteiger partial charge in [0.15, 0.2) is 0 Å². The van der Waals surface area contributed by atoms with Gasteiger partial charge in [-0.3, -0.25) is 0 Å². The average Bonchev–Trinajstić information content (AvgIpc) is 2.28. The van der Waals surface area contributed by atoms with E-state index in [2.05, 4.69) is 4.72 Å². The van der Waals surface area contributed by atoms with Gasteiger partial charge in [-0.25, -0.2) is 13.1 Å². The highest BCUT2D eigenvalue weighted by atomic mass is 32.2. The molecule has 1 atom stereocenters. The van der Waals surface area contributed by atoms with Crippen molar-refractivity contribution in [1.29, 1.82) is 0 Å². The van der Waals surface area contributed by atoms with Gasteiger partial charge >= 0.3 is 0 Å². The Labute approximate surface area is 103 Å². The molecule has 0 spiro atoms. The van der Waals surface area contributed by atoms with Gasteiger partial charge in [-0.15, -0.1) is 0 Å². The van der Waals surface area contributed by atoms with Crippen molar-refractivity contribution < 1.29 is 8.42 Å². The zero-order valence-electron chi connectivity index (χ0n) is 10.3. The van der Waals surface area contributed by atoms with Crippen LogP contribution in [0.25, 0.3) is 0 Å². The average molecular weight is 256 g/mol. The van der Waals surface area contributed by atoms with Crippen LogP contribution in [0, 0.1) is 6.92 Å². The summed E-state index contributed by atoms with van der Waals surface area (Å²) in [6.45, 7) is 4.19. The van der Waals surface area contributed by atoms with Crippen molar-refractivity contribution in [2.75, 3.05) is 6.54 Å². The van der Waals surface area contributed by atoms with Crippen LogP contribution < -0.4 is 10.5 Å². The molecule has 0 aliphatic heterocycles. The third-order valence-electron chi connectivity index (χ3n) is 2.54. The van der Waals surface area contributed by atoms with Gasteiger partial charge in [0.1, 0.15) is 0 Å². The van der Waals surface area contributed by atoms with Crippen molar-refractivity contribution in [1.82, 2.24) is 4.72 Å². The smallest absolute Gasteiger partial charge is 0.240 e. The molecule has 1 aromatic carbocycles. The van der Waals surface area contributed by atoms with Crippen LogP contribution in [0.15, 0.2) is 29.2 Å². The van der Waals surface area contributed by atoms with Gasteiger partial charge in [0.25, 0.3) is 0 Å². The molecule has 0 radical (unpaired) electrons. The number of rotatable bonds is 6. The van der Waals surface area contributed by atoms with Crippen LogP contribution in [0.3, 0.4) is 0 Å². The lowest BCUT2D eigenvalue weighted by Gasteiger charge is -2.16. The topological polar surface area (TPSA) is 72.2 Å². The summed E-state index contributed by atoms with van der Waals surface area (Å²) < 4.78 is 26.8. The van der Waals surface area contributed by atoms with E-state index in [1.54, 1.807) is 18.2 Å². The van der Waals surface area contributed by atoms with Crippen molar-refractivity contribution in [3.8, 4) is 0 Å². The normalized spacial score (nSPS) is 13.6. The van der Waals surface area contributed by atoms with Crippen LogP contribution >= 0.6 is 0 Å². The van der Waals surface area contributed by atoms with E-state index < -0.39 is 10.0 Å². The van der Waals surface area contributed by atoms with Gasteiger partial charge in [0.2, 0.25) is 10.0 Å². The fourth-order valence-electron chi connectivity index (χ4n) is 1.64. The number of aryl methyl sites for hydroxylation is 1. The summed E-state index contributed by atoms with van der Waals surface area (Å²) in [5, 5.41) is 0. The minimum absolute atomic E-state index is 0.189. The fourth-order valence-corrected chi connectivity index (χ4v) is 3.03. The van der Waals surface area contributed by atoms with E-state index in [-0.39, 0.29) is 6.04 Å². The molecule has 0 bridgehead atoms. The van der Waals surface area contributed by atoms with Crippen LogP contribution in [0.4, 0.5) is 0 Å². The van der Waals surface area contributed by atoms with Crippen LogP contribution in [0.2, 0.25) is 0 Å². The van der Waals surface area contributed by atoms with E-state index >= 15 is 0 Å². The number of nitrogens with one attached hydrogen (secondary N) is 1. The van der Waals surface area contributed by atoms with Crippen LogP contribution in [0.5, 0.6) is 0 Å². The third-order valence-corrected chi connectivity index (χ3v) is 4.06. The number of sulfonamides is 1. The summed E-state index contributed by atoms with van der Waals surface area (Å²) in [7, 11) is -3.45. The third kappa shape index (κ3) is 4.11. The van der Waals surface area contributed by atoms with Crippen molar-refractivity contribution in [3.05, 3.63) is 29.8 Å². The first kappa shape index (κ1) is 14.2. The highest BCUT2D eigenvalue weighted by molar-refractivity contribution is 7.89. The van der Waals surface area contributed by atoms with Gasteiger partial charge in [-0.1, -0.05) is 25.5 Å². The summed E-state index contributed by atoms with van der Waals surface area (Å²) in [5.41, 5.74) is 6.47. The molecule has 0 amide bonds. The van der Waals surface area contributed by atoms with Crippen molar-refractivity contribution in [2.45, 2.75) is 37.6 Å². The maximum Gasteiger partial charge on any atom is 0.240 e. The molecule has 1 unspecified atom stereocenters. The lowest BCUT2D eigenvalue weighted by atomic mass is 10.2. The Morgan fingerprint density at radius 2 is 2.12 bits per heavy atom. The van der Waals surface area contributed by atoms with Crippen LogP contribution in [-0.4, -0.2) is 21.0 Å². The maximum absolute atomic E-state index is 12.1. The summed E-state index contributed by atoms with van der Waals surface area (Å²) in [6, 6.07) is 6.66. The Bertz CT molecular complexity index is 457. The van der Waals surface area contributed by atoms with Crippen LogP contribution in [0.1, 0.15) is 25.3 Å². The monoisotopic (exact) mass is 256 g/mol. The maximum atomic E-state index is 12.1. The van der Waals surface area contributed by atoms with Crippen LogP contribution in [-0.2, 0) is 10.0 Å². The molecule has 96 valence electrons. The standard InChI is InChI=1S/C12H20N2O2S/c1-3-5-11(9-13)14-17(15,16)12-7-4-6-10(2)8-12/h4,6-8,11,14H,3,5,9,13H2,1-2H3. The molecule has 1 rings (SSSR count). The molecule has 0 saturated carbocycles. The molecule has 17 heavy (non-hydrogen) atoms. The second-order valence-corrected chi connectivity index (χ2v) is 5.87. The lowest BCUT2D eigenvalue weighted by Crippen LogP contribution is -2.39. The highest BCUT2D eigenvalue weighted by Crippen LogP contribution is 2.12. The molecule has 5 heteroatoms. The molecule has 0 aromatic heterocycles. The highest BCUT2D eigenvalue weighted by Gasteiger charge is 2.18. The Balaban J connectivity index is 2.88. The van der Waals surface area contributed by atoms with E-state index in [1.165, 1.54) is 0 Å². The SMILES string of the molecule is CCCC(CN)NS(=O)(=O)c1cccc(C)c1. The van der Waals surface area contributed by atoms with Gasteiger partial charge in [0, 0.05) is 12.6 Å². The second kappa shape index (κ2) is 6.14. The van der Waals surface area contributed by atoms with Gasteiger partial charge in [-0.2, -0.15) is 0 Å². The molecule has 0 saturated heterocycles. The largest absolute Gasteiger partial charge is 0.329 e. The summed E-state index contributed by atoms with van der Waals surface area (Å²) >= 11 is 0. The minimum Gasteiger partial charge on any atom is -0.329 e. The molecule has 0 fully saturated rings. The molecule has 4 nitrogen and oxygen atoms in total. The second-order valence-electron chi connectivity index (χ2n) is 4.16. The quantitative estimate of drug-likeness (QED) is 0.808. The Kier molecular flexibility index (Phi) is 5.11. The Morgan fingerprint density at radius 1 is 1.41 bits per heavy atom. The van der Waals surface area contributed by atoms with Crippen molar-refractivity contribution in [2.24, 2.45) is 5.73 Å². The zero-order valence-corrected chi connectivity index (χ0v) is 11.1. The van der Waals surface area contributed by atoms with Gasteiger partial charge in [0.05, 0.1) is 4.90 Å². The minimum atomic E-state index is -3.45. The summed E-state index contributed by atoms with van der Waals surface area (Å²) in [4.78, 5) is 0.298. The molecule has 3 N–H and O–H groups in total. The first-order chi connectivity index (χ1) is 7.99. The van der Waals surface area contributed by atoms with E-state index in [4.69, 9.17) is 5.73 Å². The summed E-state index contributed by atoms with van der Waals surface area (Å²) in [6.07, 6.45) is 1.65. The number of hydrogen-bond donors (Lipinski definition) is 2. The first-order valence-electron chi connectivity index (χ1n) is 5.78. The van der Waals surface area contributed by atoms with Crippen molar-refractivity contribution in [3.63, 3.8) is 0 Å².